The molecule has 0 fully saturated rings. The maximum Gasteiger partial charge on any atom is 0.0996 e. The smallest absolute Gasteiger partial charge is 0.0996 e. The van der Waals surface area contributed by atoms with Crippen molar-refractivity contribution in [1.29, 1.82) is 0 Å². The Bertz CT molecular complexity index is 692. The standard InChI is InChI=1S/C14H13ClN4.2ClH/c1-11-2-3-13(6-14(11)15)19-8-12(17-10-19)7-18-5-4-16-9-18;;/h2-6,8-10H,7H2,1H3;2*1H. The highest BCUT2D eigenvalue weighted by molar-refractivity contribution is 6.31. The third-order valence-electron chi connectivity index (χ3n) is 2.99. The van der Waals surface area contributed by atoms with Gasteiger partial charge in [-0.05, 0) is 24.6 Å². The first-order valence-corrected chi connectivity index (χ1v) is 6.35. The third-order valence-corrected chi connectivity index (χ3v) is 3.40. The van der Waals surface area contributed by atoms with Crippen molar-refractivity contribution in [2.45, 2.75) is 13.5 Å². The van der Waals surface area contributed by atoms with Crippen molar-refractivity contribution >= 4 is 36.4 Å². The van der Waals surface area contributed by atoms with Gasteiger partial charge in [-0.25, -0.2) is 9.97 Å². The average Bonchev–Trinajstić information content (AvgIpc) is 3.05. The van der Waals surface area contributed by atoms with Gasteiger partial charge in [0.1, 0.15) is 0 Å². The molecule has 4 nitrogen and oxygen atoms in total. The van der Waals surface area contributed by atoms with Crippen molar-refractivity contribution < 1.29 is 0 Å². The van der Waals surface area contributed by atoms with Crippen molar-refractivity contribution in [3.05, 3.63) is 65.7 Å². The van der Waals surface area contributed by atoms with E-state index in [9.17, 15) is 0 Å². The first-order chi connectivity index (χ1) is 9.22. The van der Waals surface area contributed by atoms with Crippen molar-refractivity contribution in [2.75, 3.05) is 0 Å². The molecule has 0 atom stereocenters. The zero-order valence-electron chi connectivity index (χ0n) is 11.3. The third kappa shape index (κ3) is 4.00. The zero-order chi connectivity index (χ0) is 13.2. The molecule has 0 aliphatic heterocycles. The fraction of sp³-hybridized carbons (Fsp3) is 0.143. The first kappa shape index (κ1) is 17.6. The Morgan fingerprint density at radius 1 is 1.19 bits per heavy atom. The van der Waals surface area contributed by atoms with Gasteiger partial charge >= 0.3 is 0 Å². The lowest BCUT2D eigenvalue weighted by molar-refractivity contribution is 0.778. The zero-order valence-corrected chi connectivity index (χ0v) is 13.7. The van der Waals surface area contributed by atoms with Gasteiger partial charge in [-0.2, -0.15) is 0 Å². The maximum absolute atomic E-state index is 6.14. The Labute approximate surface area is 140 Å². The molecular formula is C14H15Cl3N4. The number of halogens is 3. The van der Waals surface area contributed by atoms with Crippen molar-refractivity contribution in [1.82, 2.24) is 19.1 Å². The molecular weight excluding hydrogens is 331 g/mol. The van der Waals surface area contributed by atoms with Crippen LogP contribution in [0.15, 0.2) is 49.4 Å². The summed E-state index contributed by atoms with van der Waals surface area (Å²) in [5.74, 6) is 0. The van der Waals surface area contributed by atoms with Crippen LogP contribution in [0.3, 0.4) is 0 Å². The van der Waals surface area contributed by atoms with E-state index >= 15 is 0 Å². The van der Waals surface area contributed by atoms with Gasteiger partial charge in [0.2, 0.25) is 0 Å². The van der Waals surface area contributed by atoms with Gasteiger partial charge in [-0.15, -0.1) is 24.8 Å². The molecule has 0 bridgehead atoms. The summed E-state index contributed by atoms with van der Waals surface area (Å²) in [5.41, 5.74) is 3.07. The van der Waals surface area contributed by atoms with Crippen molar-refractivity contribution in [2.24, 2.45) is 0 Å². The molecule has 0 N–H and O–H groups in total. The van der Waals surface area contributed by atoms with E-state index in [1.807, 2.05) is 46.7 Å². The van der Waals surface area contributed by atoms with Crippen LogP contribution in [0.5, 0.6) is 0 Å². The lowest BCUT2D eigenvalue weighted by Gasteiger charge is -2.04. The SMILES string of the molecule is Cc1ccc(-n2cnc(Cn3ccnc3)c2)cc1Cl.Cl.Cl. The van der Waals surface area contributed by atoms with Gasteiger partial charge in [-0.3, -0.25) is 0 Å². The molecule has 3 aromatic rings. The lowest BCUT2D eigenvalue weighted by Crippen LogP contribution is -1.96. The molecule has 2 aromatic heterocycles. The second-order valence-corrected chi connectivity index (χ2v) is 4.85. The van der Waals surface area contributed by atoms with E-state index in [1.165, 1.54) is 0 Å². The first-order valence-electron chi connectivity index (χ1n) is 5.97. The monoisotopic (exact) mass is 344 g/mol. The summed E-state index contributed by atoms with van der Waals surface area (Å²) in [7, 11) is 0. The number of aromatic nitrogens is 4. The summed E-state index contributed by atoms with van der Waals surface area (Å²) in [6.07, 6.45) is 9.26. The molecule has 2 heterocycles. The lowest BCUT2D eigenvalue weighted by atomic mass is 10.2. The summed E-state index contributed by atoms with van der Waals surface area (Å²) < 4.78 is 3.95. The van der Waals surface area contributed by atoms with Crippen LogP contribution in [0.2, 0.25) is 5.02 Å². The summed E-state index contributed by atoms with van der Waals surface area (Å²) >= 11 is 6.14. The molecule has 3 rings (SSSR count). The molecule has 1 aromatic carbocycles. The molecule has 0 saturated carbocycles. The van der Waals surface area contributed by atoms with E-state index in [-0.39, 0.29) is 24.8 Å². The summed E-state index contributed by atoms with van der Waals surface area (Å²) in [6.45, 7) is 2.71. The molecule has 112 valence electrons. The highest BCUT2D eigenvalue weighted by Gasteiger charge is 2.03. The molecule has 0 aliphatic rings. The number of hydrogen-bond donors (Lipinski definition) is 0. The topological polar surface area (TPSA) is 35.6 Å². The van der Waals surface area contributed by atoms with Crippen LogP contribution in [0.4, 0.5) is 0 Å². The number of rotatable bonds is 3. The molecule has 0 spiro atoms. The summed E-state index contributed by atoms with van der Waals surface area (Å²) in [6, 6.07) is 5.98. The fourth-order valence-corrected chi connectivity index (χ4v) is 2.07. The molecule has 21 heavy (non-hydrogen) atoms. The van der Waals surface area contributed by atoms with Gasteiger partial charge in [0, 0.05) is 29.3 Å². The predicted octanol–water partition coefficient (Wildman–Crippen LogP) is 3.92. The van der Waals surface area contributed by atoms with Gasteiger partial charge in [0.05, 0.1) is 24.9 Å². The summed E-state index contributed by atoms with van der Waals surface area (Å²) in [5, 5.41) is 0.766. The number of hydrogen-bond acceptors (Lipinski definition) is 2. The minimum atomic E-state index is 0. The largest absolute Gasteiger partial charge is 0.331 e. The van der Waals surface area contributed by atoms with Crippen LogP contribution in [0, 0.1) is 6.92 Å². The van der Waals surface area contributed by atoms with Gasteiger partial charge < -0.3 is 9.13 Å². The van der Waals surface area contributed by atoms with Crippen molar-refractivity contribution in [3.8, 4) is 5.69 Å². The Kier molecular flexibility index (Phi) is 6.27. The van der Waals surface area contributed by atoms with Crippen LogP contribution >= 0.6 is 36.4 Å². The minimum absolute atomic E-state index is 0. The number of nitrogens with zero attached hydrogens (tertiary/aromatic N) is 4. The Morgan fingerprint density at radius 2 is 2.00 bits per heavy atom. The predicted molar refractivity (Wildman–Crippen MR) is 89.1 cm³/mol. The Hall–Kier alpha value is -1.49. The number of imidazole rings is 2. The van der Waals surface area contributed by atoms with Gasteiger partial charge in [-0.1, -0.05) is 17.7 Å². The van der Waals surface area contributed by atoms with E-state index in [4.69, 9.17) is 11.6 Å². The quantitative estimate of drug-likeness (QED) is 0.721. The van der Waals surface area contributed by atoms with Crippen molar-refractivity contribution in [3.63, 3.8) is 0 Å². The average molecular weight is 346 g/mol. The maximum atomic E-state index is 6.14. The number of benzene rings is 1. The normalized spacial score (nSPS) is 9.81. The van der Waals surface area contributed by atoms with E-state index < -0.39 is 0 Å². The highest BCUT2D eigenvalue weighted by atomic mass is 35.5. The molecule has 0 unspecified atom stereocenters. The molecule has 7 heteroatoms. The minimum Gasteiger partial charge on any atom is -0.331 e. The fourth-order valence-electron chi connectivity index (χ4n) is 1.90. The van der Waals surface area contributed by atoms with Crippen LogP contribution < -0.4 is 0 Å². The molecule has 0 saturated heterocycles. The van der Waals surface area contributed by atoms with Crippen LogP contribution in [0.25, 0.3) is 5.69 Å². The van der Waals surface area contributed by atoms with Crippen LogP contribution in [-0.2, 0) is 6.54 Å². The van der Waals surface area contributed by atoms with Crippen LogP contribution in [-0.4, -0.2) is 19.1 Å². The summed E-state index contributed by atoms with van der Waals surface area (Å²) in [4.78, 5) is 8.41. The van der Waals surface area contributed by atoms with Gasteiger partial charge in [0.25, 0.3) is 0 Å². The molecule has 0 amide bonds. The Morgan fingerprint density at radius 3 is 2.67 bits per heavy atom. The highest BCUT2D eigenvalue weighted by Crippen LogP contribution is 2.19. The second-order valence-electron chi connectivity index (χ2n) is 4.44. The molecule has 0 radical (unpaired) electrons. The van der Waals surface area contributed by atoms with E-state index in [1.54, 1.807) is 18.9 Å². The van der Waals surface area contributed by atoms with E-state index in [2.05, 4.69) is 9.97 Å². The van der Waals surface area contributed by atoms with E-state index in [0.29, 0.717) is 6.54 Å². The van der Waals surface area contributed by atoms with E-state index in [0.717, 1.165) is 22.0 Å². The van der Waals surface area contributed by atoms with Crippen LogP contribution in [0.1, 0.15) is 11.3 Å². The molecule has 0 aliphatic carbocycles. The Balaban J connectivity index is 0.00000110. The van der Waals surface area contributed by atoms with Gasteiger partial charge in [0.15, 0.2) is 0 Å². The number of aryl methyl sites for hydroxylation is 1. The second kappa shape index (κ2) is 7.50.